The van der Waals surface area contributed by atoms with Gasteiger partial charge >= 0.3 is 0 Å². The summed E-state index contributed by atoms with van der Waals surface area (Å²) in [5, 5.41) is 7.99. The molecule has 0 fully saturated rings. The molecule has 8 heavy (non-hydrogen) atoms. The Bertz CT molecular complexity index is 99.9. The highest BCUT2D eigenvalue weighted by Crippen LogP contribution is 2.16. The van der Waals surface area contributed by atoms with E-state index in [1.807, 2.05) is 0 Å². The van der Waals surface area contributed by atoms with Crippen molar-refractivity contribution in [3.05, 3.63) is 0 Å². The molecule has 0 saturated heterocycles. The summed E-state index contributed by atoms with van der Waals surface area (Å²) in [6.07, 6.45) is 1.49. The number of nitriles is 1. The predicted octanol–water partition coefficient (Wildman–Crippen LogP) is -1.26. The first-order chi connectivity index (χ1) is 3.72. The van der Waals surface area contributed by atoms with E-state index >= 15 is 0 Å². The lowest BCUT2D eigenvalue weighted by molar-refractivity contribution is -0.303. The molecular weight excluding hydrogens is 127 g/mol. The molecule has 0 N–H and O–H groups in total. The van der Waals surface area contributed by atoms with Gasteiger partial charge in [0.15, 0.2) is 6.19 Å². The summed E-state index contributed by atoms with van der Waals surface area (Å²) in [5.41, 5.74) is 0. The molecule has 0 unspecified atom stereocenters. The fourth-order valence-electron chi connectivity index (χ4n) is 0.223. The van der Waals surface area contributed by atoms with Gasteiger partial charge in [0.05, 0.1) is 0 Å². The lowest BCUT2D eigenvalue weighted by Gasteiger charge is -2.37. The van der Waals surface area contributed by atoms with Crippen LogP contribution in [0.4, 0.5) is 0 Å². The zero-order valence-electron chi connectivity index (χ0n) is 4.37. The summed E-state index contributed by atoms with van der Waals surface area (Å²) >= 11 is 0. The number of nitrogens with zero attached hydrogens (tertiary/aromatic N) is 2. The van der Waals surface area contributed by atoms with E-state index in [2.05, 4.69) is 0 Å². The maximum absolute atomic E-state index is 9.90. The van der Waals surface area contributed by atoms with Crippen LogP contribution in [0, 0.1) is 11.5 Å². The number of hydrogen-bond donors (Lipinski definition) is 0. The summed E-state index contributed by atoms with van der Waals surface area (Å²) in [7, 11) is -2.69. The van der Waals surface area contributed by atoms with E-state index in [4.69, 9.17) is 5.26 Å². The van der Waals surface area contributed by atoms with Gasteiger partial charge in [0.2, 0.25) is 0 Å². The molecule has 0 bridgehead atoms. The van der Waals surface area contributed by atoms with Gasteiger partial charge in [-0.25, -0.2) is 0 Å². The molecule has 0 aromatic heterocycles. The predicted molar refractivity (Wildman–Crippen MR) is 24.9 cm³/mol. The first-order valence-corrected chi connectivity index (χ1v) is 3.17. The lowest BCUT2D eigenvalue weighted by atomic mass is 10.8. The van der Waals surface area contributed by atoms with Crippen molar-refractivity contribution in [2.24, 2.45) is 0 Å². The van der Waals surface area contributed by atoms with E-state index in [9.17, 15) is 9.79 Å². The molecule has 0 aromatic rings. The Morgan fingerprint density at radius 2 is 2.25 bits per heavy atom. The SMILES string of the molecule is CCN(C#N)P([O-])[O-]. The van der Waals surface area contributed by atoms with E-state index in [0.29, 0.717) is 4.67 Å². The highest BCUT2D eigenvalue weighted by molar-refractivity contribution is 7.39. The van der Waals surface area contributed by atoms with Crippen LogP contribution in [0.15, 0.2) is 0 Å². The Labute approximate surface area is 48.9 Å². The quantitative estimate of drug-likeness (QED) is 0.267. The van der Waals surface area contributed by atoms with Gasteiger partial charge in [0, 0.05) is 6.54 Å². The van der Waals surface area contributed by atoms with Crippen LogP contribution < -0.4 is 9.79 Å². The van der Waals surface area contributed by atoms with Crippen molar-refractivity contribution in [1.82, 2.24) is 4.67 Å². The van der Waals surface area contributed by atoms with Gasteiger partial charge in [-0.2, -0.15) is 13.8 Å². The molecule has 0 rings (SSSR count). The van der Waals surface area contributed by atoms with Gasteiger partial charge in [-0.1, -0.05) is 0 Å². The zero-order chi connectivity index (χ0) is 6.57. The highest BCUT2D eigenvalue weighted by Gasteiger charge is 1.87. The van der Waals surface area contributed by atoms with Crippen molar-refractivity contribution in [1.29, 1.82) is 5.26 Å². The van der Waals surface area contributed by atoms with Crippen molar-refractivity contribution in [3.63, 3.8) is 0 Å². The van der Waals surface area contributed by atoms with Crippen molar-refractivity contribution in [2.75, 3.05) is 6.54 Å². The van der Waals surface area contributed by atoms with Crippen molar-refractivity contribution in [2.45, 2.75) is 6.92 Å². The van der Waals surface area contributed by atoms with Gasteiger partial charge < -0.3 is 14.5 Å². The summed E-state index contributed by atoms with van der Waals surface area (Å²) in [5.74, 6) is 0. The molecule has 0 aliphatic heterocycles. The molecule has 0 amide bonds. The van der Waals surface area contributed by atoms with Gasteiger partial charge in [-0.15, -0.1) is 0 Å². The molecule has 0 radical (unpaired) electrons. The average Bonchev–Trinajstić information content (AvgIpc) is 1.69. The molecule has 0 aromatic carbocycles. The van der Waals surface area contributed by atoms with Gasteiger partial charge in [-0.3, -0.25) is 0 Å². The summed E-state index contributed by atoms with van der Waals surface area (Å²) in [6, 6.07) is 0. The Hall–Kier alpha value is -0.360. The molecule has 0 atom stereocenters. The molecule has 0 saturated carbocycles. The fourth-order valence-corrected chi connectivity index (χ4v) is 0.527. The van der Waals surface area contributed by atoms with Crippen molar-refractivity contribution in [3.8, 4) is 6.19 Å². The average molecular weight is 132 g/mol. The zero-order valence-corrected chi connectivity index (χ0v) is 5.26. The molecule has 4 nitrogen and oxygen atoms in total. The largest absolute Gasteiger partial charge is 0.825 e. The number of rotatable bonds is 2. The standard InChI is InChI=1S/C3H5N2O2P/c1-2-5(3-4)8(6)7/h2H2,1H3/q-2. The van der Waals surface area contributed by atoms with E-state index in [-0.39, 0.29) is 6.54 Å². The molecule has 0 spiro atoms. The van der Waals surface area contributed by atoms with E-state index in [1.165, 1.54) is 6.19 Å². The minimum Gasteiger partial charge on any atom is -0.825 e. The van der Waals surface area contributed by atoms with E-state index < -0.39 is 8.53 Å². The Morgan fingerprint density at radius 3 is 2.25 bits per heavy atom. The van der Waals surface area contributed by atoms with Crippen LogP contribution in [0.2, 0.25) is 0 Å². The van der Waals surface area contributed by atoms with Crippen LogP contribution in [0.5, 0.6) is 0 Å². The maximum Gasteiger partial charge on any atom is 0.180 e. The van der Waals surface area contributed by atoms with Crippen molar-refractivity contribution < 1.29 is 9.79 Å². The fraction of sp³-hybridized carbons (Fsp3) is 0.667. The van der Waals surface area contributed by atoms with E-state index in [0.717, 1.165) is 0 Å². The second kappa shape index (κ2) is 3.62. The van der Waals surface area contributed by atoms with Crippen LogP contribution in [-0.4, -0.2) is 11.2 Å². The van der Waals surface area contributed by atoms with Crippen LogP contribution in [0.25, 0.3) is 0 Å². The summed E-state index contributed by atoms with van der Waals surface area (Å²) in [4.78, 5) is 19.8. The van der Waals surface area contributed by atoms with E-state index in [1.54, 1.807) is 6.92 Å². The molecule has 46 valence electrons. The second-order valence-electron chi connectivity index (χ2n) is 1.05. The normalized spacial score (nSPS) is 8.88. The minimum absolute atomic E-state index is 0.217. The van der Waals surface area contributed by atoms with Crippen LogP contribution in [0.3, 0.4) is 0 Å². The second-order valence-corrected chi connectivity index (χ2v) is 2.01. The smallest absolute Gasteiger partial charge is 0.180 e. The maximum atomic E-state index is 9.90. The highest BCUT2D eigenvalue weighted by atomic mass is 31.2. The third kappa shape index (κ3) is 2.08. The Kier molecular flexibility index (Phi) is 3.46. The number of hydrogen-bond acceptors (Lipinski definition) is 4. The monoisotopic (exact) mass is 132 g/mol. The molecule has 0 aliphatic carbocycles. The van der Waals surface area contributed by atoms with Crippen LogP contribution in [-0.2, 0) is 0 Å². The third-order valence-corrected chi connectivity index (χ3v) is 1.38. The molecule has 0 heterocycles. The van der Waals surface area contributed by atoms with Gasteiger partial charge in [0.25, 0.3) is 0 Å². The van der Waals surface area contributed by atoms with Gasteiger partial charge in [0.1, 0.15) is 0 Å². The first kappa shape index (κ1) is 7.64. The Morgan fingerprint density at radius 1 is 1.75 bits per heavy atom. The third-order valence-electron chi connectivity index (χ3n) is 0.612. The topological polar surface area (TPSA) is 73.2 Å². The van der Waals surface area contributed by atoms with Crippen LogP contribution in [0.1, 0.15) is 6.92 Å². The lowest BCUT2D eigenvalue weighted by Crippen LogP contribution is -2.24. The van der Waals surface area contributed by atoms with Crippen molar-refractivity contribution >= 4 is 8.53 Å². The van der Waals surface area contributed by atoms with Crippen LogP contribution >= 0.6 is 8.53 Å². The summed E-state index contributed by atoms with van der Waals surface area (Å²) < 4.78 is 0.676. The molecule has 0 aliphatic rings. The summed E-state index contributed by atoms with van der Waals surface area (Å²) in [6.45, 7) is 1.81. The minimum atomic E-state index is -2.69. The molecular formula is C3H5N2O2P-2. The van der Waals surface area contributed by atoms with Gasteiger partial charge in [-0.05, 0) is 6.92 Å². The Balaban J connectivity index is 3.57. The first-order valence-electron chi connectivity index (χ1n) is 2.04. The molecule has 5 heteroatoms.